The molecular formula is C12H23NO2S. The molecule has 0 aromatic heterocycles. The zero-order valence-corrected chi connectivity index (χ0v) is 11.3. The van der Waals surface area contributed by atoms with Gasteiger partial charge in [-0.15, -0.1) is 0 Å². The molecule has 0 aromatic rings. The van der Waals surface area contributed by atoms with Crippen LogP contribution in [0.25, 0.3) is 0 Å². The van der Waals surface area contributed by atoms with Crippen LogP contribution in [0, 0.1) is 5.92 Å². The summed E-state index contributed by atoms with van der Waals surface area (Å²) in [7, 11) is 1.78. The number of aliphatic hydroxyl groups excluding tert-OH is 1. The lowest BCUT2D eigenvalue weighted by molar-refractivity contribution is -0.135. The van der Waals surface area contributed by atoms with Gasteiger partial charge in [-0.05, 0) is 18.8 Å². The van der Waals surface area contributed by atoms with E-state index in [1.165, 1.54) is 0 Å². The molecule has 1 fully saturated rings. The number of carbonyl (C=O) groups excluding carboxylic acids is 1. The fourth-order valence-corrected chi connectivity index (χ4v) is 2.38. The minimum Gasteiger partial charge on any atom is -0.391 e. The lowest BCUT2D eigenvalue weighted by Gasteiger charge is -2.36. The van der Waals surface area contributed by atoms with Crippen LogP contribution in [0.3, 0.4) is 0 Å². The van der Waals surface area contributed by atoms with E-state index in [2.05, 4.69) is 12.6 Å². The molecule has 94 valence electrons. The number of aliphatic hydroxyl groups is 1. The smallest absolute Gasteiger partial charge is 0.235 e. The van der Waals surface area contributed by atoms with Crippen molar-refractivity contribution in [3.8, 4) is 0 Å². The third-order valence-corrected chi connectivity index (χ3v) is 4.24. The van der Waals surface area contributed by atoms with Crippen molar-refractivity contribution in [1.29, 1.82) is 0 Å². The van der Waals surface area contributed by atoms with Crippen LogP contribution < -0.4 is 0 Å². The molecule has 1 rings (SSSR count). The van der Waals surface area contributed by atoms with Gasteiger partial charge in [0.25, 0.3) is 0 Å². The molecule has 0 saturated heterocycles. The van der Waals surface area contributed by atoms with Gasteiger partial charge in [-0.25, -0.2) is 0 Å². The Bertz CT molecular complexity index is 245. The van der Waals surface area contributed by atoms with Gasteiger partial charge in [0.15, 0.2) is 0 Å². The lowest BCUT2D eigenvalue weighted by Crippen LogP contribution is -2.49. The third kappa shape index (κ3) is 3.14. The summed E-state index contributed by atoms with van der Waals surface area (Å²) in [6, 6.07) is -0.0188. The highest BCUT2D eigenvalue weighted by Gasteiger charge is 2.32. The first-order chi connectivity index (χ1) is 7.45. The zero-order chi connectivity index (χ0) is 12.3. The Kier molecular flexibility index (Phi) is 5.12. The maximum Gasteiger partial charge on any atom is 0.235 e. The number of carbonyl (C=O) groups is 1. The first-order valence-corrected chi connectivity index (χ1v) is 6.59. The second-order valence-corrected chi connectivity index (χ2v) is 5.61. The Hall–Kier alpha value is -0.220. The summed E-state index contributed by atoms with van der Waals surface area (Å²) in [5, 5.41) is 9.63. The molecule has 3 nitrogen and oxygen atoms in total. The van der Waals surface area contributed by atoms with E-state index in [9.17, 15) is 9.90 Å². The van der Waals surface area contributed by atoms with Gasteiger partial charge in [0.05, 0.1) is 17.4 Å². The molecule has 0 heterocycles. The minimum absolute atomic E-state index is 0.0188. The van der Waals surface area contributed by atoms with Crippen LogP contribution in [-0.4, -0.2) is 40.4 Å². The third-order valence-electron chi connectivity index (χ3n) is 3.42. The van der Waals surface area contributed by atoms with Crippen molar-refractivity contribution in [2.75, 3.05) is 7.05 Å². The van der Waals surface area contributed by atoms with Crippen LogP contribution in [0.15, 0.2) is 0 Å². The molecule has 3 atom stereocenters. The predicted octanol–water partition coefficient (Wildman–Crippen LogP) is 1.70. The van der Waals surface area contributed by atoms with Gasteiger partial charge in [0.1, 0.15) is 0 Å². The number of likely N-dealkylation sites (N-methyl/N-ethyl adjacent to an activating group) is 1. The fraction of sp³-hybridized carbons (Fsp3) is 0.917. The Balaban J connectivity index is 2.61. The van der Waals surface area contributed by atoms with Crippen LogP contribution in [0.1, 0.15) is 39.5 Å². The maximum absolute atomic E-state index is 12.1. The highest BCUT2D eigenvalue weighted by Crippen LogP contribution is 2.24. The van der Waals surface area contributed by atoms with E-state index in [1.54, 1.807) is 11.9 Å². The normalized spacial score (nSPS) is 27.9. The molecule has 1 aliphatic rings. The molecule has 0 bridgehead atoms. The highest BCUT2D eigenvalue weighted by molar-refractivity contribution is 7.81. The number of hydrogen-bond donors (Lipinski definition) is 2. The molecule has 4 heteroatoms. The number of rotatable bonds is 3. The molecule has 1 N–H and O–H groups in total. The standard InChI is InChI=1S/C12H23NO2S/c1-8(2)11(16)12(15)13(3)9-6-4-5-7-10(9)14/h8-11,14,16H,4-7H2,1-3H3. The van der Waals surface area contributed by atoms with Gasteiger partial charge in [-0.2, -0.15) is 12.6 Å². The monoisotopic (exact) mass is 245 g/mol. The van der Waals surface area contributed by atoms with Crippen molar-refractivity contribution in [1.82, 2.24) is 4.90 Å². The number of thiol groups is 1. The van der Waals surface area contributed by atoms with Crippen LogP contribution in [0.4, 0.5) is 0 Å². The van der Waals surface area contributed by atoms with Crippen molar-refractivity contribution >= 4 is 18.5 Å². The van der Waals surface area contributed by atoms with Gasteiger partial charge in [0.2, 0.25) is 5.91 Å². The van der Waals surface area contributed by atoms with Crippen LogP contribution in [-0.2, 0) is 4.79 Å². The van der Waals surface area contributed by atoms with Gasteiger partial charge < -0.3 is 10.0 Å². The van der Waals surface area contributed by atoms with Gasteiger partial charge in [-0.3, -0.25) is 4.79 Å². The first kappa shape index (κ1) is 13.8. The van der Waals surface area contributed by atoms with Crippen molar-refractivity contribution in [3.63, 3.8) is 0 Å². The number of nitrogens with zero attached hydrogens (tertiary/aromatic N) is 1. The molecule has 0 radical (unpaired) electrons. The summed E-state index contributed by atoms with van der Waals surface area (Å²) < 4.78 is 0. The van der Waals surface area contributed by atoms with Gasteiger partial charge in [-0.1, -0.05) is 26.7 Å². The molecule has 0 aromatic carbocycles. The van der Waals surface area contributed by atoms with E-state index in [1.807, 2.05) is 13.8 Å². The summed E-state index contributed by atoms with van der Waals surface area (Å²) in [6.45, 7) is 3.97. The quantitative estimate of drug-likeness (QED) is 0.743. The maximum atomic E-state index is 12.1. The van der Waals surface area contributed by atoms with E-state index in [0.29, 0.717) is 0 Å². The van der Waals surface area contributed by atoms with Crippen molar-refractivity contribution < 1.29 is 9.90 Å². The van der Waals surface area contributed by atoms with Crippen molar-refractivity contribution in [2.45, 2.75) is 56.9 Å². The largest absolute Gasteiger partial charge is 0.391 e. The summed E-state index contributed by atoms with van der Waals surface area (Å²) >= 11 is 4.34. The van der Waals surface area contributed by atoms with Crippen LogP contribution in [0.2, 0.25) is 0 Å². The average molecular weight is 245 g/mol. The Morgan fingerprint density at radius 2 is 1.94 bits per heavy atom. The van der Waals surface area contributed by atoms with Crippen molar-refractivity contribution in [2.24, 2.45) is 5.92 Å². The summed E-state index contributed by atoms with van der Waals surface area (Å²) in [4.78, 5) is 13.8. The second-order valence-electron chi connectivity index (χ2n) is 5.06. The van der Waals surface area contributed by atoms with Crippen LogP contribution in [0.5, 0.6) is 0 Å². The topological polar surface area (TPSA) is 40.5 Å². The first-order valence-electron chi connectivity index (χ1n) is 6.08. The predicted molar refractivity (Wildman–Crippen MR) is 68.6 cm³/mol. The summed E-state index contributed by atoms with van der Waals surface area (Å²) in [5.41, 5.74) is 0. The Labute approximate surface area is 104 Å². The minimum atomic E-state index is -0.365. The van der Waals surface area contributed by atoms with E-state index in [0.717, 1.165) is 25.7 Å². The van der Waals surface area contributed by atoms with E-state index in [-0.39, 0.29) is 29.2 Å². The molecular weight excluding hydrogens is 222 g/mol. The molecule has 1 aliphatic carbocycles. The molecule has 3 unspecified atom stereocenters. The zero-order valence-electron chi connectivity index (χ0n) is 10.4. The summed E-state index contributed by atoms with van der Waals surface area (Å²) in [6.07, 6.45) is 3.51. The molecule has 1 saturated carbocycles. The van der Waals surface area contributed by atoms with E-state index >= 15 is 0 Å². The fourth-order valence-electron chi connectivity index (χ4n) is 2.20. The Morgan fingerprint density at radius 1 is 1.38 bits per heavy atom. The molecule has 0 aliphatic heterocycles. The SMILES string of the molecule is CC(C)C(S)C(=O)N(C)C1CCCCC1O. The molecule has 16 heavy (non-hydrogen) atoms. The number of amides is 1. The lowest BCUT2D eigenvalue weighted by atomic mass is 9.91. The molecule has 0 spiro atoms. The Morgan fingerprint density at radius 3 is 2.44 bits per heavy atom. The highest BCUT2D eigenvalue weighted by atomic mass is 32.1. The average Bonchev–Trinajstić information content (AvgIpc) is 2.26. The van der Waals surface area contributed by atoms with E-state index < -0.39 is 0 Å². The van der Waals surface area contributed by atoms with E-state index in [4.69, 9.17) is 0 Å². The van der Waals surface area contributed by atoms with Gasteiger partial charge in [0, 0.05) is 7.05 Å². The molecule has 1 amide bonds. The van der Waals surface area contributed by atoms with Crippen LogP contribution >= 0.6 is 12.6 Å². The summed E-state index contributed by atoms with van der Waals surface area (Å²) in [5.74, 6) is 0.253. The second kappa shape index (κ2) is 5.92. The van der Waals surface area contributed by atoms with Gasteiger partial charge >= 0.3 is 0 Å². The number of hydrogen-bond acceptors (Lipinski definition) is 3. The van der Waals surface area contributed by atoms with Crippen molar-refractivity contribution in [3.05, 3.63) is 0 Å².